The van der Waals surface area contributed by atoms with Crippen molar-refractivity contribution in [1.82, 2.24) is 20.0 Å². The summed E-state index contributed by atoms with van der Waals surface area (Å²) < 4.78 is 11.5. The molecule has 3 saturated heterocycles. The summed E-state index contributed by atoms with van der Waals surface area (Å²) in [6, 6.07) is 11.7. The van der Waals surface area contributed by atoms with E-state index >= 15 is 0 Å². The third-order valence-electron chi connectivity index (χ3n) is 6.81. The first kappa shape index (κ1) is 25.7. The highest BCUT2D eigenvalue weighted by Crippen LogP contribution is 2.25. The molecular formula is C24H40IN5O2. The van der Waals surface area contributed by atoms with E-state index in [0.717, 1.165) is 71.5 Å². The highest BCUT2D eigenvalue weighted by atomic mass is 127. The number of benzene rings is 1. The van der Waals surface area contributed by atoms with Crippen molar-refractivity contribution < 1.29 is 9.47 Å². The van der Waals surface area contributed by atoms with Crippen LogP contribution >= 0.6 is 24.0 Å². The van der Waals surface area contributed by atoms with Crippen LogP contribution in [0, 0.1) is 0 Å². The average Bonchev–Trinajstić information content (AvgIpc) is 3.43. The zero-order valence-corrected chi connectivity index (χ0v) is 21.9. The van der Waals surface area contributed by atoms with Crippen molar-refractivity contribution in [3.8, 4) is 0 Å². The number of guanidine groups is 1. The van der Waals surface area contributed by atoms with Gasteiger partial charge in [-0.2, -0.15) is 0 Å². The van der Waals surface area contributed by atoms with Crippen molar-refractivity contribution in [2.24, 2.45) is 4.99 Å². The van der Waals surface area contributed by atoms with E-state index in [1.165, 1.54) is 18.4 Å². The number of rotatable bonds is 8. The molecule has 1 N–H and O–H groups in total. The van der Waals surface area contributed by atoms with Gasteiger partial charge in [-0.25, -0.2) is 0 Å². The van der Waals surface area contributed by atoms with Crippen LogP contribution in [-0.2, 0) is 16.0 Å². The van der Waals surface area contributed by atoms with E-state index < -0.39 is 0 Å². The number of methoxy groups -OCH3 is 1. The minimum atomic E-state index is 0. The Bertz CT molecular complexity index is 707. The number of fused-ring (bicyclic) bond motifs is 1. The van der Waals surface area contributed by atoms with Crippen LogP contribution < -0.4 is 5.32 Å². The summed E-state index contributed by atoms with van der Waals surface area (Å²) in [6.07, 6.45) is 2.74. The molecule has 4 rings (SSSR count). The molecule has 7 nitrogen and oxygen atoms in total. The molecule has 0 aromatic heterocycles. The number of nitrogens with one attached hydrogen (secondary N) is 1. The molecule has 3 aliphatic heterocycles. The van der Waals surface area contributed by atoms with Gasteiger partial charge in [0.25, 0.3) is 0 Å². The molecule has 0 bridgehead atoms. The summed E-state index contributed by atoms with van der Waals surface area (Å²) >= 11 is 0. The Morgan fingerprint density at radius 2 is 2.03 bits per heavy atom. The van der Waals surface area contributed by atoms with Gasteiger partial charge in [0, 0.05) is 52.4 Å². The molecule has 0 amide bonds. The zero-order valence-electron chi connectivity index (χ0n) is 19.6. The Balaban J connectivity index is 0.00000289. The van der Waals surface area contributed by atoms with E-state index in [1.54, 1.807) is 7.11 Å². The van der Waals surface area contributed by atoms with Gasteiger partial charge in [-0.05, 0) is 31.9 Å². The van der Waals surface area contributed by atoms with Gasteiger partial charge in [-0.15, -0.1) is 24.0 Å². The quantitative estimate of drug-likeness (QED) is 0.301. The molecular weight excluding hydrogens is 517 g/mol. The van der Waals surface area contributed by atoms with Crippen molar-refractivity contribution >= 4 is 29.9 Å². The first-order valence-corrected chi connectivity index (χ1v) is 11.9. The maximum atomic E-state index is 6.18. The van der Waals surface area contributed by atoms with Gasteiger partial charge >= 0.3 is 0 Å². The van der Waals surface area contributed by atoms with Crippen LogP contribution in [0.5, 0.6) is 0 Å². The van der Waals surface area contributed by atoms with Gasteiger partial charge in [0.05, 0.1) is 31.9 Å². The standard InChI is InChI=1S/C24H39N5O2.HI/c1-3-25-24(26-16-21-10-7-11-27(21)12-14-30-2)29-18-22-23(19-29)31-15-13-28(22)17-20-8-5-4-6-9-20;/h4-6,8-9,21-23H,3,7,10-19H2,1-2H3,(H,25,26);1H. The van der Waals surface area contributed by atoms with Crippen molar-refractivity contribution in [3.63, 3.8) is 0 Å². The van der Waals surface area contributed by atoms with Gasteiger partial charge in [0.1, 0.15) is 0 Å². The third kappa shape index (κ3) is 6.56. The highest BCUT2D eigenvalue weighted by molar-refractivity contribution is 14.0. The lowest BCUT2D eigenvalue weighted by Crippen LogP contribution is -2.50. The van der Waals surface area contributed by atoms with Crippen molar-refractivity contribution in [3.05, 3.63) is 35.9 Å². The molecule has 1 aromatic rings. The summed E-state index contributed by atoms with van der Waals surface area (Å²) in [6.45, 7) is 11.5. The first-order valence-electron chi connectivity index (χ1n) is 11.9. The smallest absolute Gasteiger partial charge is 0.194 e. The number of hydrogen-bond acceptors (Lipinski definition) is 5. The van der Waals surface area contributed by atoms with Crippen LogP contribution in [0.4, 0.5) is 0 Å². The second-order valence-corrected chi connectivity index (χ2v) is 8.86. The maximum Gasteiger partial charge on any atom is 0.194 e. The second kappa shape index (κ2) is 13.1. The van der Waals surface area contributed by atoms with E-state index in [0.29, 0.717) is 12.1 Å². The molecule has 3 atom stereocenters. The number of hydrogen-bond donors (Lipinski definition) is 1. The van der Waals surface area contributed by atoms with E-state index in [9.17, 15) is 0 Å². The Hall–Kier alpha value is -0.940. The summed E-state index contributed by atoms with van der Waals surface area (Å²) in [5, 5.41) is 3.54. The van der Waals surface area contributed by atoms with Crippen molar-refractivity contribution in [2.45, 2.75) is 44.5 Å². The molecule has 3 aliphatic rings. The van der Waals surface area contributed by atoms with Crippen LogP contribution in [-0.4, -0.2) is 105 Å². The van der Waals surface area contributed by atoms with Gasteiger partial charge in [-0.3, -0.25) is 14.8 Å². The van der Waals surface area contributed by atoms with E-state index in [4.69, 9.17) is 14.5 Å². The Kier molecular flexibility index (Phi) is 10.5. The predicted molar refractivity (Wildman–Crippen MR) is 140 cm³/mol. The number of nitrogens with zero attached hydrogens (tertiary/aromatic N) is 4. The lowest BCUT2D eigenvalue weighted by atomic mass is 10.1. The zero-order chi connectivity index (χ0) is 21.5. The van der Waals surface area contributed by atoms with Crippen LogP contribution in [0.25, 0.3) is 0 Å². The molecule has 8 heteroatoms. The normalized spacial score (nSPS) is 26.8. The fourth-order valence-electron chi connectivity index (χ4n) is 5.17. The minimum absolute atomic E-state index is 0. The first-order chi connectivity index (χ1) is 15.3. The molecule has 0 saturated carbocycles. The summed E-state index contributed by atoms with van der Waals surface area (Å²) in [5.74, 6) is 1.04. The lowest BCUT2D eigenvalue weighted by Gasteiger charge is -2.36. The van der Waals surface area contributed by atoms with E-state index in [2.05, 4.69) is 57.3 Å². The highest BCUT2D eigenvalue weighted by Gasteiger charge is 2.41. The molecule has 0 aliphatic carbocycles. The lowest BCUT2D eigenvalue weighted by molar-refractivity contribution is -0.0502. The number of likely N-dealkylation sites (tertiary alicyclic amines) is 2. The predicted octanol–water partition coefficient (Wildman–Crippen LogP) is 2.27. The topological polar surface area (TPSA) is 52.6 Å². The Labute approximate surface area is 210 Å². The molecule has 3 fully saturated rings. The molecule has 3 unspecified atom stereocenters. The average molecular weight is 558 g/mol. The van der Waals surface area contributed by atoms with Crippen LogP contribution in [0.1, 0.15) is 25.3 Å². The maximum absolute atomic E-state index is 6.18. The van der Waals surface area contributed by atoms with Gasteiger partial charge in [0.2, 0.25) is 0 Å². The van der Waals surface area contributed by atoms with Crippen LogP contribution in [0.15, 0.2) is 35.3 Å². The molecule has 0 spiro atoms. The van der Waals surface area contributed by atoms with Crippen molar-refractivity contribution in [2.75, 3.05) is 66.1 Å². The molecule has 3 heterocycles. The molecule has 1 aromatic carbocycles. The number of aliphatic imine (C=N–C) groups is 1. The Morgan fingerprint density at radius 1 is 1.19 bits per heavy atom. The van der Waals surface area contributed by atoms with Crippen LogP contribution in [0.3, 0.4) is 0 Å². The number of morpholine rings is 1. The largest absolute Gasteiger partial charge is 0.383 e. The molecule has 32 heavy (non-hydrogen) atoms. The fourth-order valence-corrected chi connectivity index (χ4v) is 5.17. The fraction of sp³-hybridized carbons (Fsp3) is 0.708. The van der Waals surface area contributed by atoms with E-state index in [-0.39, 0.29) is 30.1 Å². The SMILES string of the molecule is CCNC(=NCC1CCCN1CCOC)N1CC2OCCN(Cc3ccccc3)C2C1.I. The summed E-state index contributed by atoms with van der Waals surface area (Å²) in [5.41, 5.74) is 1.37. The van der Waals surface area contributed by atoms with E-state index in [1.807, 2.05) is 0 Å². The number of halogens is 1. The van der Waals surface area contributed by atoms with Gasteiger partial charge in [0.15, 0.2) is 5.96 Å². The summed E-state index contributed by atoms with van der Waals surface area (Å²) in [4.78, 5) is 12.6. The second-order valence-electron chi connectivity index (χ2n) is 8.86. The molecule has 180 valence electrons. The van der Waals surface area contributed by atoms with Crippen LogP contribution in [0.2, 0.25) is 0 Å². The summed E-state index contributed by atoms with van der Waals surface area (Å²) in [7, 11) is 1.78. The Morgan fingerprint density at radius 3 is 2.81 bits per heavy atom. The minimum Gasteiger partial charge on any atom is -0.383 e. The monoisotopic (exact) mass is 557 g/mol. The number of ether oxygens (including phenoxy) is 2. The van der Waals surface area contributed by atoms with Gasteiger partial charge < -0.3 is 19.7 Å². The van der Waals surface area contributed by atoms with Crippen molar-refractivity contribution in [1.29, 1.82) is 0 Å². The molecule has 0 radical (unpaired) electrons. The van der Waals surface area contributed by atoms with Gasteiger partial charge in [-0.1, -0.05) is 30.3 Å². The third-order valence-corrected chi connectivity index (χ3v) is 6.81.